The summed E-state index contributed by atoms with van der Waals surface area (Å²) in [6.07, 6.45) is 3.17. The zero-order valence-corrected chi connectivity index (χ0v) is 10.6. The Labute approximate surface area is 101 Å². The Balaban J connectivity index is 2.68. The van der Waals surface area contributed by atoms with Crippen molar-refractivity contribution in [2.75, 3.05) is 13.7 Å². The van der Waals surface area contributed by atoms with Gasteiger partial charge in [-0.25, -0.2) is 4.79 Å². The lowest BCUT2D eigenvalue weighted by atomic mass is 9.94. The van der Waals surface area contributed by atoms with Gasteiger partial charge in [-0.05, 0) is 20.8 Å². The molecule has 5 nitrogen and oxygen atoms in total. The molecule has 1 rings (SSSR count). The van der Waals surface area contributed by atoms with E-state index in [0.717, 1.165) is 0 Å². The van der Waals surface area contributed by atoms with E-state index in [1.165, 1.54) is 13.2 Å². The molecular weight excluding hydrogens is 224 g/mol. The number of methoxy groups -OCH3 is 1. The number of rotatable bonds is 3. The maximum atomic E-state index is 11.7. The van der Waals surface area contributed by atoms with E-state index in [4.69, 9.17) is 9.47 Å². The van der Waals surface area contributed by atoms with Crippen molar-refractivity contribution in [1.29, 1.82) is 0 Å². The summed E-state index contributed by atoms with van der Waals surface area (Å²) in [7, 11) is 1.30. The highest BCUT2D eigenvalue weighted by Crippen LogP contribution is 2.30. The van der Waals surface area contributed by atoms with Crippen molar-refractivity contribution in [3.05, 3.63) is 12.2 Å². The topological polar surface area (TPSA) is 61.8 Å². The Bertz CT molecular complexity index is 345. The van der Waals surface area contributed by atoms with Crippen molar-refractivity contribution in [3.63, 3.8) is 0 Å². The van der Waals surface area contributed by atoms with E-state index in [1.807, 2.05) is 0 Å². The highest BCUT2D eigenvalue weighted by atomic mass is 16.7. The van der Waals surface area contributed by atoms with Crippen LogP contribution in [-0.4, -0.2) is 36.9 Å². The lowest BCUT2D eigenvalue weighted by molar-refractivity contribution is -0.283. The van der Waals surface area contributed by atoms with E-state index >= 15 is 0 Å². The molecule has 0 aromatic rings. The van der Waals surface area contributed by atoms with Crippen molar-refractivity contribution in [3.8, 4) is 0 Å². The molecule has 0 radical (unpaired) electrons. The van der Waals surface area contributed by atoms with Crippen molar-refractivity contribution in [1.82, 2.24) is 0 Å². The van der Waals surface area contributed by atoms with Gasteiger partial charge in [0.25, 0.3) is 0 Å². The molecule has 0 aliphatic carbocycles. The van der Waals surface area contributed by atoms with Crippen LogP contribution in [0.4, 0.5) is 0 Å². The molecule has 1 aliphatic heterocycles. The predicted octanol–water partition coefficient (Wildman–Crippen LogP) is 1.22. The molecule has 0 bridgehead atoms. The van der Waals surface area contributed by atoms with Gasteiger partial charge in [0.2, 0.25) is 0 Å². The van der Waals surface area contributed by atoms with E-state index in [9.17, 15) is 9.59 Å². The maximum Gasteiger partial charge on any atom is 0.330 e. The van der Waals surface area contributed by atoms with Crippen LogP contribution in [0.3, 0.4) is 0 Å². The summed E-state index contributed by atoms with van der Waals surface area (Å²) in [5, 5.41) is 0. The predicted molar refractivity (Wildman–Crippen MR) is 60.3 cm³/mol. The summed E-state index contributed by atoms with van der Waals surface area (Å²) in [5.41, 5.74) is -0.952. The molecule has 0 aromatic carbocycles. The summed E-state index contributed by atoms with van der Waals surface area (Å²) in [4.78, 5) is 22.7. The van der Waals surface area contributed by atoms with Gasteiger partial charge in [0.15, 0.2) is 11.6 Å². The molecule has 96 valence electrons. The number of hydrogen-bond donors (Lipinski definition) is 0. The molecule has 0 aromatic heterocycles. The first-order valence-electron chi connectivity index (χ1n) is 5.41. The number of hydrogen-bond acceptors (Lipinski definition) is 5. The average molecular weight is 242 g/mol. The van der Waals surface area contributed by atoms with Crippen LogP contribution >= 0.6 is 0 Å². The highest BCUT2D eigenvalue weighted by Gasteiger charge is 2.43. The first-order valence-corrected chi connectivity index (χ1v) is 5.41. The first-order chi connectivity index (χ1) is 7.79. The van der Waals surface area contributed by atoms with E-state index in [1.54, 1.807) is 26.8 Å². The van der Waals surface area contributed by atoms with Gasteiger partial charge in [-0.3, -0.25) is 4.79 Å². The Morgan fingerprint density at radius 3 is 2.71 bits per heavy atom. The lowest BCUT2D eigenvalue weighted by Gasteiger charge is -2.41. The number of carbonyl (C=O) groups is 2. The molecule has 17 heavy (non-hydrogen) atoms. The molecule has 1 heterocycles. The molecule has 1 atom stereocenters. The lowest BCUT2D eigenvalue weighted by Crippen LogP contribution is -2.53. The number of ether oxygens (including phenoxy) is 3. The Hall–Kier alpha value is -1.20. The van der Waals surface area contributed by atoms with Gasteiger partial charge in [-0.15, -0.1) is 0 Å². The molecular formula is C12H18O5. The zero-order valence-electron chi connectivity index (χ0n) is 10.6. The molecule has 0 N–H and O–H groups in total. The van der Waals surface area contributed by atoms with Crippen molar-refractivity contribution < 1.29 is 23.8 Å². The molecule has 1 saturated heterocycles. The standard InChI is InChI=1S/C12H18O5/c1-11(2)16-8-9(13)12(3,17-11)7-5-6-10(14)15-4/h5-6H,7-8H2,1-4H3/b6-5+/t12-/m0/s1. The molecule has 0 spiro atoms. The van der Waals surface area contributed by atoms with Gasteiger partial charge in [0, 0.05) is 12.5 Å². The van der Waals surface area contributed by atoms with Crippen LogP contribution in [0.15, 0.2) is 12.2 Å². The van der Waals surface area contributed by atoms with Gasteiger partial charge in [-0.1, -0.05) is 6.08 Å². The van der Waals surface area contributed by atoms with E-state index in [0.29, 0.717) is 6.42 Å². The van der Waals surface area contributed by atoms with Gasteiger partial charge >= 0.3 is 5.97 Å². The van der Waals surface area contributed by atoms with Crippen LogP contribution in [0.25, 0.3) is 0 Å². The monoisotopic (exact) mass is 242 g/mol. The normalized spacial score (nSPS) is 28.4. The summed E-state index contributed by atoms with van der Waals surface area (Å²) < 4.78 is 15.3. The molecule has 0 amide bonds. The minimum Gasteiger partial charge on any atom is -0.466 e. The Morgan fingerprint density at radius 1 is 1.47 bits per heavy atom. The fourth-order valence-corrected chi connectivity index (χ4v) is 1.62. The molecule has 0 unspecified atom stereocenters. The van der Waals surface area contributed by atoms with Crippen molar-refractivity contribution in [2.45, 2.75) is 38.6 Å². The summed E-state index contributed by atoms with van der Waals surface area (Å²) >= 11 is 0. The van der Waals surface area contributed by atoms with Gasteiger partial charge in [0.1, 0.15) is 12.2 Å². The molecule has 0 saturated carbocycles. The minimum absolute atomic E-state index is 0.0234. The van der Waals surface area contributed by atoms with Crippen LogP contribution in [0.5, 0.6) is 0 Å². The summed E-state index contributed by atoms with van der Waals surface area (Å²) in [6.45, 7) is 5.22. The zero-order chi connectivity index (χ0) is 13.1. The van der Waals surface area contributed by atoms with Crippen LogP contribution in [0, 0.1) is 0 Å². The smallest absolute Gasteiger partial charge is 0.330 e. The van der Waals surface area contributed by atoms with Gasteiger partial charge in [-0.2, -0.15) is 0 Å². The molecule has 1 fully saturated rings. The SMILES string of the molecule is COC(=O)/C=C/C[C@]1(C)OC(C)(C)OCC1=O. The third-order valence-corrected chi connectivity index (χ3v) is 2.57. The second kappa shape index (κ2) is 4.98. The fourth-order valence-electron chi connectivity index (χ4n) is 1.62. The number of Topliss-reactive ketones (excluding diaryl/α,β-unsaturated/α-hetero) is 1. The third kappa shape index (κ3) is 3.64. The van der Waals surface area contributed by atoms with Crippen molar-refractivity contribution in [2.24, 2.45) is 0 Å². The second-order valence-corrected chi connectivity index (χ2v) is 4.57. The summed E-state index contributed by atoms with van der Waals surface area (Å²) in [5.74, 6) is -1.37. The van der Waals surface area contributed by atoms with E-state index < -0.39 is 17.4 Å². The van der Waals surface area contributed by atoms with Crippen LogP contribution < -0.4 is 0 Å². The summed E-state index contributed by atoms with van der Waals surface area (Å²) in [6, 6.07) is 0. The fraction of sp³-hybridized carbons (Fsp3) is 0.667. The number of carbonyl (C=O) groups excluding carboxylic acids is 2. The van der Waals surface area contributed by atoms with Crippen LogP contribution in [0.1, 0.15) is 27.2 Å². The van der Waals surface area contributed by atoms with E-state index in [-0.39, 0.29) is 12.4 Å². The highest BCUT2D eigenvalue weighted by molar-refractivity contribution is 5.89. The maximum absolute atomic E-state index is 11.7. The van der Waals surface area contributed by atoms with Gasteiger partial charge < -0.3 is 14.2 Å². The number of ketones is 1. The first kappa shape index (κ1) is 13.9. The molecule has 5 heteroatoms. The largest absolute Gasteiger partial charge is 0.466 e. The van der Waals surface area contributed by atoms with Crippen LogP contribution in [0.2, 0.25) is 0 Å². The average Bonchev–Trinajstić information content (AvgIpc) is 2.23. The quantitative estimate of drug-likeness (QED) is 0.550. The Morgan fingerprint density at radius 2 is 2.12 bits per heavy atom. The minimum atomic E-state index is -0.952. The second-order valence-electron chi connectivity index (χ2n) is 4.57. The molecule has 1 aliphatic rings. The van der Waals surface area contributed by atoms with Gasteiger partial charge in [0.05, 0.1) is 7.11 Å². The van der Waals surface area contributed by atoms with E-state index in [2.05, 4.69) is 4.74 Å². The van der Waals surface area contributed by atoms with Crippen LogP contribution in [-0.2, 0) is 23.8 Å². The Kier molecular flexibility index (Phi) is 4.06. The van der Waals surface area contributed by atoms with Crippen molar-refractivity contribution >= 4 is 11.8 Å². The third-order valence-electron chi connectivity index (χ3n) is 2.57. The number of esters is 1.